The van der Waals surface area contributed by atoms with Crippen LogP contribution >= 0.6 is 0 Å². The summed E-state index contributed by atoms with van der Waals surface area (Å²) in [5.74, 6) is -3.61. The van der Waals surface area contributed by atoms with Crippen LogP contribution in [0.1, 0.15) is 41.6 Å². The van der Waals surface area contributed by atoms with Crippen LogP contribution in [0.25, 0.3) is 0 Å². The minimum Gasteiger partial charge on any atom is -0.455 e. The molecule has 0 atom stereocenters. The molecule has 2 N–H and O–H groups in total. The Bertz CT molecular complexity index is 751. The Morgan fingerprint density at radius 3 is 2.52 bits per heavy atom. The quantitative estimate of drug-likeness (QED) is 0.851. The van der Waals surface area contributed by atoms with Crippen LogP contribution < -0.4 is 5.32 Å². The summed E-state index contributed by atoms with van der Waals surface area (Å²) in [6.45, 7) is 5.09. The number of benzene rings is 1. The van der Waals surface area contributed by atoms with Gasteiger partial charge in [0.1, 0.15) is 5.60 Å². The Balaban J connectivity index is 2.18. The van der Waals surface area contributed by atoms with Crippen LogP contribution in [0, 0.1) is 11.6 Å². The summed E-state index contributed by atoms with van der Waals surface area (Å²) in [4.78, 5) is 24.0. The van der Waals surface area contributed by atoms with Crippen LogP contribution in [0.3, 0.4) is 0 Å². The smallest absolute Gasteiger partial charge is 0.359 e. The Morgan fingerprint density at radius 2 is 1.91 bits per heavy atom. The number of aromatic amines is 1. The maximum Gasteiger partial charge on any atom is 0.359 e. The first-order valence-corrected chi connectivity index (χ1v) is 6.70. The van der Waals surface area contributed by atoms with Gasteiger partial charge in [-0.1, -0.05) is 0 Å². The van der Waals surface area contributed by atoms with Gasteiger partial charge in [0.05, 0.1) is 11.9 Å². The number of carbonyl (C=O) groups excluding carboxylic acids is 2. The average molecular weight is 323 g/mol. The topological polar surface area (TPSA) is 84.1 Å². The van der Waals surface area contributed by atoms with Crippen molar-refractivity contribution in [2.45, 2.75) is 26.4 Å². The van der Waals surface area contributed by atoms with Gasteiger partial charge >= 0.3 is 5.97 Å². The summed E-state index contributed by atoms with van der Waals surface area (Å²) >= 11 is 0. The van der Waals surface area contributed by atoms with Crippen molar-refractivity contribution in [3.63, 3.8) is 0 Å². The van der Waals surface area contributed by atoms with Crippen LogP contribution in [-0.2, 0) is 4.74 Å². The van der Waals surface area contributed by atoms with E-state index in [-0.39, 0.29) is 16.9 Å². The van der Waals surface area contributed by atoms with Crippen LogP contribution in [0.5, 0.6) is 0 Å². The van der Waals surface area contributed by atoms with E-state index >= 15 is 0 Å². The second-order valence-corrected chi connectivity index (χ2v) is 5.74. The number of ether oxygens (including phenoxy) is 1. The molecule has 6 nitrogen and oxygen atoms in total. The highest BCUT2D eigenvalue weighted by atomic mass is 19.2. The van der Waals surface area contributed by atoms with Crippen LogP contribution in [0.15, 0.2) is 24.4 Å². The van der Waals surface area contributed by atoms with E-state index in [0.29, 0.717) is 0 Å². The number of nitrogens with one attached hydrogen (secondary N) is 2. The molecule has 1 aromatic carbocycles. The molecule has 0 fully saturated rings. The predicted molar refractivity (Wildman–Crippen MR) is 78.1 cm³/mol. The third-order valence-electron chi connectivity index (χ3n) is 2.67. The van der Waals surface area contributed by atoms with Crippen molar-refractivity contribution >= 4 is 17.6 Å². The number of rotatable bonds is 3. The van der Waals surface area contributed by atoms with Crippen molar-refractivity contribution in [1.82, 2.24) is 10.2 Å². The summed E-state index contributed by atoms with van der Waals surface area (Å²) in [6, 6.07) is 2.73. The molecule has 0 aliphatic heterocycles. The maximum absolute atomic E-state index is 13.2. The Hall–Kier alpha value is -2.77. The molecule has 0 saturated heterocycles. The summed E-state index contributed by atoms with van der Waals surface area (Å²) < 4.78 is 31.2. The summed E-state index contributed by atoms with van der Waals surface area (Å²) in [6.07, 6.45) is 1.22. The van der Waals surface area contributed by atoms with E-state index in [1.54, 1.807) is 20.8 Å². The first kappa shape index (κ1) is 16.6. The third kappa shape index (κ3) is 4.12. The SMILES string of the molecule is CC(C)(C)OC(=O)c1[nH]ncc1NC(=O)c1ccc(F)c(F)c1. The zero-order chi connectivity index (χ0) is 17.2. The van der Waals surface area contributed by atoms with Gasteiger partial charge < -0.3 is 10.1 Å². The average Bonchev–Trinajstić information content (AvgIpc) is 2.88. The fraction of sp³-hybridized carbons (Fsp3) is 0.267. The summed E-state index contributed by atoms with van der Waals surface area (Å²) in [5, 5.41) is 8.51. The number of H-pyrrole nitrogens is 1. The van der Waals surface area contributed by atoms with E-state index in [4.69, 9.17) is 4.74 Å². The van der Waals surface area contributed by atoms with Crippen molar-refractivity contribution in [2.24, 2.45) is 0 Å². The number of nitrogens with zero attached hydrogens (tertiary/aromatic N) is 1. The highest BCUT2D eigenvalue weighted by Crippen LogP contribution is 2.18. The Morgan fingerprint density at radius 1 is 1.22 bits per heavy atom. The number of aromatic nitrogens is 2. The lowest BCUT2D eigenvalue weighted by atomic mass is 10.2. The minimum atomic E-state index is -1.14. The standard InChI is InChI=1S/C15H15F2N3O3/c1-15(2,3)23-14(22)12-11(7-18-20-12)19-13(21)8-4-5-9(16)10(17)6-8/h4-7H,1-3H3,(H,18,20)(H,19,21). The van der Waals surface area contributed by atoms with E-state index in [0.717, 1.165) is 18.2 Å². The van der Waals surface area contributed by atoms with Crippen molar-refractivity contribution in [3.05, 3.63) is 47.3 Å². The molecular weight excluding hydrogens is 308 g/mol. The van der Waals surface area contributed by atoms with Gasteiger partial charge in [0, 0.05) is 5.56 Å². The number of hydrogen-bond donors (Lipinski definition) is 2. The molecule has 0 bridgehead atoms. The number of amides is 1. The van der Waals surface area contributed by atoms with Crippen molar-refractivity contribution < 1.29 is 23.1 Å². The van der Waals surface area contributed by atoms with Crippen LogP contribution in [0.4, 0.5) is 14.5 Å². The highest BCUT2D eigenvalue weighted by molar-refractivity contribution is 6.07. The Labute approximate surface area is 130 Å². The van der Waals surface area contributed by atoms with Gasteiger partial charge in [0.15, 0.2) is 17.3 Å². The van der Waals surface area contributed by atoms with E-state index in [2.05, 4.69) is 15.5 Å². The van der Waals surface area contributed by atoms with E-state index < -0.39 is 29.1 Å². The van der Waals surface area contributed by atoms with Gasteiger partial charge in [-0.25, -0.2) is 13.6 Å². The molecule has 0 unspecified atom stereocenters. The van der Waals surface area contributed by atoms with Gasteiger partial charge in [-0.15, -0.1) is 0 Å². The number of hydrogen-bond acceptors (Lipinski definition) is 4. The largest absolute Gasteiger partial charge is 0.455 e. The second kappa shape index (κ2) is 6.15. The lowest BCUT2D eigenvalue weighted by molar-refractivity contribution is 0.00640. The molecule has 0 radical (unpaired) electrons. The zero-order valence-corrected chi connectivity index (χ0v) is 12.7. The molecule has 122 valence electrons. The van der Waals surface area contributed by atoms with Gasteiger partial charge in [-0.3, -0.25) is 9.89 Å². The maximum atomic E-state index is 13.2. The molecule has 0 saturated carbocycles. The van der Waals surface area contributed by atoms with Gasteiger partial charge in [-0.2, -0.15) is 5.10 Å². The lowest BCUT2D eigenvalue weighted by Gasteiger charge is -2.19. The van der Waals surface area contributed by atoms with Gasteiger partial charge in [0.25, 0.3) is 5.91 Å². The number of halogens is 2. The van der Waals surface area contributed by atoms with Crippen LogP contribution in [-0.4, -0.2) is 27.7 Å². The van der Waals surface area contributed by atoms with E-state index in [1.807, 2.05) is 0 Å². The van der Waals surface area contributed by atoms with E-state index in [1.165, 1.54) is 6.20 Å². The molecule has 0 aliphatic rings. The Kier molecular flexibility index (Phi) is 4.44. The minimum absolute atomic E-state index is 0.0455. The third-order valence-corrected chi connectivity index (χ3v) is 2.67. The molecule has 1 aromatic heterocycles. The normalized spacial score (nSPS) is 11.2. The molecular formula is C15H15F2N3O3. The van der Waals surface area contributed by atoms with Crippen molar-refractivity contribution in [1.29, 1.82) is 0 Å². The van der Waals surface area contributed by atoms with Gasteiger partial charge in [0.2, 0.25) is 0 Å². The molecule has 8 heteroatoms. The second-order valence-electron chi connectivity index (χ2n) is 5.74. The number of anilines is 1. The molecule has 2 rings (SSSR count). The summed E-state index contributed by atoms with van der Waals surface area (Å²) in [7, 11) is 0. The zero-order valence-electron chi connectivity index (χ0n) is 12.7. The molecule has 0 aliphatic carbocycles. The molecule has 2 aromatic rings. The van der Waals surface area contributed by atoms with Crippen LogP contribution in [0.2, 0.25) is 0 Å². The first-order chi connectivity index (χ1) is 10.7. The molecule has 1 heterocycles. The lowest BCUT2D eigenvalue weighted by Crippen LogP contribution is -2.25. The highest BCUT2D eigenvalue weighted by Gasteiger charge is 2.23. The fourth-order valence-corrected chi connectivity index (χ4v) is 1.70. The predicted octanol–water partition coefficient (Wildman–Crippen LogP) is 2.90. The van der Waals surface area contributed by atoms with E-state index in [9.17, 15) is 18.4 Å². The molecule has 1 amide bonds. The van der Waals surface area contributed by atoms with Crippen molar-refractivity contribution in [2.75, 3.05) is 5.32 Å². The molecule has 0 spiro atoms. The first-order valence-electron chi connectivity index (χ1n) is 6.70. The van der Waals surface area contributed by atoms with Gasteiger partial charge in [-0.05, 0) is 39.0 Å². The fourth-order valence-electron chi connectivity index (χ4n) is 1.70. The monoisotopic (exact) mass is 323 g/mol. The number of esters is 1. The summed E-state index contributed by atoms with van der Waals surface area (Å²) in [5.41, 5.74) is -0.783. The number of carbonyl (C=O) groups is 2. The molecule has 23 heavy (non-hydrogen) atoms. The van der Waals surface area contributed by atoms with Crippen molar-refractivity contribution in [3.8, 4) is 0 Å².